The molecule has 8 heteroatoms. The maximum absolute atomic E-state index is 12.6. The molecular formula is C19H20N4O4. The van der Waals surface area contributed by atoms with E-state index < -0.39 is 11.8 Å². The highest BCUT2D eigenvalue weighted by atomic mass is 16.5. The van der Waals surface area contributed by atoms with Crippen molar-refractivity contribution in [3.8, 4) is 0 Å². The molecule has 27 heavy (non-hydrogen) atoms. The van der Waals surface area contributed by atoms with Crippen molar-refractivity contribution in [1.82, 2.24) is 9.55 Å². The number of rotatable bonds is 4. The van der Waals surface area contributed by atoms with E-state index in [1.807, 2.05) is 6.07 Å². The largest absolute Gasteiger partial charge is 0.420 e. The van der Waals surface area contributed by atoms with Crippen molar-refractivity contribution in [2.75, 3.05) is 36.5 Å². The summed E-state index contributed by atoms with van der Waals surface area (Å²) in [7, 11) is 0. The Bertz CT molecular complexity index is 1000. The molecule has 3 aromatic rings. The molecule has 1 atom stereocenters. The fourth-order valence-electron chi connectivity index (χ4n) is 3.15. The fraction of sp³-hybridized carbons (Fsp3) is 0.316. The van der Waals surface area contributed by atoms with Crippen LogP contribution in [0.2, 0.25) is 0 Å². The molecule has 1 unspecified atom stereocenters. The summed E-state index contributed by atoms with van der Waals surface area (Å²) < 4.78 is 11.9. The highest BCUT2D eigenvalue weighted by Gasteiger charge is 2.21. The fourth-order valence-corrected chi connectivity index (χ4v) is 3.15. The van der Waals surface area contributed by atoms with Gasteiger partial charge in [0.15, 0.2) is 5.58 Å². The van der Waals surface area contributed by atoms with E-state index in [1.165, 1.54) is 4.57 Å². The monoisotopic (exact) mass is 368 g/mol. The van der Waals surface area contributed by atoms with Crippen LogP contribution in [0.15, 0.2) is 51.8 Å². The number of oxazole rings is 1. The van der Waals surface area contributed by atoms with Gasteiger partial charge in [-0.25, -0.2) is 9.78 Å². The topological polar surface area (TPSA) is 89.6 Å². The van der Waals surface area contributed by atoms with E-state index in [4.69, 9.17) is 9.15 Å². The Balaban J connectivity index is 1.49. The predicted octanol–water partition coefficient (Wildman–Crippen LogP) is 2.03. The molecule has 0 radical (unpaired) electrons. The van der Waals surface area contributed by atoms with Gasteiger partial charge in [-0.3, -0.25) is 9.36 Å². The molecule has 2 aromatic heterocycles. The van der Waals surface area contributed by atoms with E-state index in [-0.39, 0.29) is 5.91 Å². The summed E-state index contributed by atoms with van der Waals surface area (Å²) in [5, 5.41) is 2.81. The van der Waals surface area contributed by atoms with E-state index in [2.05, 4.69) is 15.2 Å². The van der Waals surface area contributed by atoms with Gasteiger partial charge in [0.1, 0.15) is 11.9 Å². The van der Waals surface area contributed by atoms with Crippen LogP contribution in [0.3, 0.4) is 0 Å². The molecule has 1 aromatic carbocycles. The molecule has 0 saturated carbocycles. The van der Waals surface area contributed by atoms with Gasteiger partial charge in [0.05, 0.1) is 30.6 Å². The molecule has 0 aliphatic carbocycles. The van der Waals surface area contributed by atoms with Gasteiger partial charge in [0.2, 0.25) is 5.91 Å². The van der Waals surface area contributed by atoms with E-state index in [0.717, 1.165) is 18.9 Å². The van der Waals surface area contributed by atoms with Crippen molar-refractivity contribution in [1.29, 1.82) is 0 Å². The molecule has 140 valence electrons. The zero-order chi connectivity index (χ0) is 18.8. The van der Waals surface area contributed by atoms with Crippen LogP contribution in [0.5, 0.6) is 0 Å². The van der Waals surface area contributed by atoms with Crippen LogP contribution in [0.1, 0.15) is 13.0 Å². The summed E-state index contributed by atoms with van der Waals surface area (Å²) in [6, 6.07) is 9.98. The predicted molar refractivity (Wildman–Crippen MR) is 101 cm³/mol. The van der Waals surface area contributed by atoms with Crippen molar-refractivity contribution in [3.63, 3.8) is 0 Å². The number of morpholine rings is 1. The summed E-state index contributed by atoms with van der Waals surface area (Å²) >= 11 is 0. The minimum absolute atomic E-state index is 0.315. The lowest BCUT2D eigenvalue weighted by molar-refractivity contribution is -0.118. The lowest BCUT2D eigenvalue weighted by Crippen LogP contribution is -2.36. The highest BCUT2D eigenvalue weighted by Crippen LogP contribution is 2.19. The van der Waals surface area contributed by atoms with Gasteiger partial charge in [0.25, 0.3) is 0 Å². The second-order valence-corrected chi connectivity index (χ2v) is 6.38. The number of aromatic nitrogens is 2. The second-order valence-electron chi connectivity index (χ2n) is 6.38. The Labute approximate surface area is 155 Å². The first kappa shape index (κ1) is 17.3. The number of fused-ring (bicyclic) bond motifs is 1. The maximum Gasteiger partial charge on any atom is 0.420 e. The SMILES string of the molecule is CC(C(=O)Nc1ccc(N2CCOCC2)nc1)n1c(=O)oc2ccccc21. The van der Waals surface area contributed by atoms with Crippen LogP contribution in [-0.2, 0) is 9.53 Å². The normalized spacial score (nSPS) is 15.7. The summed E-state index contributed by atoms with van der Waals surface area (Å²) in [5.74, 6) is -0.0226. The van der Waals surface area contributed by atoms with Crippen molar-refractivity contribution in [3.05, 3.63) is 53.1 Å². The third-order valence-corrected chi connectivity index (χ3v) is 4.64. The maximum atomic E-state index is 12.6. The molecule has 3 heterocycles. The Morgan fingerprint density at radius 3 is 2.70 bits per heavy atom. The number of hydrogen-bond acceptors (Lipinski definition) is 6. The third kappa shape index (κ3) is 3.43. The van der Waals surface area contributed by atoms with Crippen LogP contribution in [-0.4, -0.2) is 41.8 Å². The summed E-state index contributed by atoms with van der Waals surface area (Å²) in [6.07, 6.45) is 1.62. The summed E-state index contributed by atoms with van der Waals surface area (Å²) in [4.78, 5) is 31.3. The van der Waals surface area contributed by atoms with Gasteiger partial charge in [-0.15, -0.1) is 0 Å². The molecule has 1 aliphatic heterocycles. The molecule has 8 nitrogen and oxygen atoms in total. The molecule has 0 spiro atoms. The second kappa shape index (κ2) is 7.24. The standard InChI is InChI=1S/C19H20N4O4/c1-13(23-15-4-2-3-5-16(15)27-19(23)25)18(24)21-14-6-7-17(20-12-14)22-8-10-26-11-9-22/h2-7,12-13H,8-11H2,1H3,(H,21,24). The van der Waals surface area contributed by atoms with Crippen LogP contribution in [0, 0.1) is 0 Å². The minimum Gasteiger partial charge on any atom is -0.408 e. The number of benzene rings is 1. The Morgan fingerprint density at radius 1 is 1.19 bits per heavy atom. The average molecular weight is 368 g/mol. The van der Waals surface area contributed by atoms with E-state index in [9.17, 15) is 9.59 Å². The number of pyridine rings is 1. The Hall–Kier alpha value is -3.13. The smallest absolute Gasteiger partial charge is 0.408 e. The number of ether oxygens (including phenoxy) is 1. The van der Waals surface area contributed by atoms with Gasteiger partial charge >= 0.3 is 5.76 Å². The van der Waals surface area contributed by atoms with Crippen LogP contribution < -0.4 is 16.0 Å². The highest BCUT2D eigenvalue weighted by molar-refractivity contribution is 5.94. The lowest BCUT2D eigenvalue weighted by Gasteiger charge is -2.27. The number of anilines is 2. The van der Waals surface area contributed by atoms with Crippen molar-refractivity contribution in [2.45, 2.75) is 13.0 Å². The molecule has 1 amide bonds. The van der Waals surface area contributed by atoms with Gasteiger partial charge in [0, 0.05) is 13.1 Å². The Kier molecular flexibility index (Phi) is 4.64. The third-order valence-electron chi connectivity index (χ3n) is 4.64. The first-order valence-electron chi connectivity index (χ1n) is 8.83. The summed E-state index contributed by atoms with van der Waals surface area (Å²) in [5.41, 5.74) is 1.62. The van der Waals surface area contributed by atoms with Crippen molar-refractivity contribution < 1.29 is 13.9 Å². The van der Waals surface area contributed by atoms with Gasteiger partial charge in [-0.1, -0.05) is 12.1 Å². The van der Waals surface area contributed by atoms with E-state index >= 15 is 0 Å². The van der Waals surface area contributed by atoms with Crippen LogP contribution in [0.4, 0.5) is 11.5 Å². The summed E-state index contributed by atoms with van der Waals surface area (Å²) in [6.45, 7) is 4.63. The number of carbonyl (C=O) groups excluding carboxylic acids is 1. The molecule has 1 aliphatic rings. The number of nitrogens with one attached hydrogen (secondary N) is 1. The lowest BCUT2D eigenvalue weighted by atomic mass is 10.2. The zero-order valence-corrected chi connectivity index (χ0v) is 14.9. The Morgan fingerprint density at radius 2 is 1.96 bits per heavy atom. The zero-order valence-electron chi connectivity index (χ0n) is 14.9. The van der Waals surface area contributed by atoms with Gasteiger partial charge < -0.3 is 19.4 Å². The number of para-hydroxylation sites is 2. The first-order chi connectivity index (χ1) is 13.1. The van der Waals surface area contributed by atoms with Gasteiger partial charge in [-0.2, -0.15) is 0 Å². The first-order valence-corrected chi connectivity index (χ1v) is 8.83. The number of nitrogens with zero attached hydrogens (tertiary/aromatic N) is 3. The molecule has 4 rings (SSSR count). The van der Waals surface area contributed by atoms with Crippen LogP contribution >= 0.6 is 0 Å². The number of hydrogen-bond donors (Lipinski definition) is 1. The van der Waals surface area contributed by atoms with Crippen LogP contribution in [0.25, 0.3) is 11.1 Å². The number of amides is 1. The van der Waals surface area contributed by atoms with E-state index in [1.54, 1.807) is 43.5 Å². The minimum atomic E-state index is -0.722. The molecule has 1 fully saturated rings. The number of carbonyl (C=O) groups is 1. The van der Waals surface area contributed by atoms with Gasteiger partial charge in [-0.05, 0) is 31.2 Å². The van der Waals surface area contributed by atoms with Crippen molar-refractivity contribution in [2.24, 2.45) is 0 Å². The quantitative estimate of drug-likeness (QED) is 0.758. The molecule has 0 bridgehead atoms. The van der Waals surface area contributed by atoms with E-state index in [0.29, 0.717) is 30.0 Å². The molecule has 1 saturated heterocycles. The average Bonchev–Trinajstić information content (AvgIpc) is 3.04. The van der Waals surface area contributed by atoms with Crippen molar-refractivity contribution >= 4 is 28.5 Å². The molecule has 1 N–H and O–H groups in total. The molecular weight excluding hydrogens is 348 g/mol.